The molecule has 0 aromatic heterocycles. The van der Waals surface area contributed by atoms with Gasteiger partial charge in [0.25, 0.3) is 17.7 Å². The molecule has 0 bridgehead atoms. The first-order valence-electron chi connectivity index (χ1n) is 9.00. The highest BCUT2D eigenvalue weighted by atomic mass is 16.5. The summed E-state index contributed by atoms with van der Waals surface area (Å²) in [5.74, 6) is -0.0327. The lowest BCUT2D eigenvalue weighted by Crippen LogP contribution is -2.36. The van der Waals surface area contributed by atoms with E-state index in [0.29, 0.717) is 36.4 Å². The van der Waals surface area contributed by atoms with Crippen LogP contribution in [0.1, 0.15) is 49.1 Å². The van der Waals surface area contributed by atoms with Crippen LogP contribution in [-0.4, -0.2) is 47.7 Å². The van der Waals surface area contributed by atoms with E-state index in [4.69, 9.17) is 4.74 Å². The number of benzene rings is 2. The monoisotopic (exact) mass is 364 g/mol. The second-order valence-corrected chi connectivity index (χ2v) is 6.77. The molecule has 3 amide bonds. The van der Waals surface area contributed by atoms with Gasteiger partial charge in [-0.3, -0.25) is 19.3 Å². The van der Waals surface area contributed by atoms with Crippen LogP contribution >= 0.6 is 0 Å². The molecule has 6 heteroatoms. The average Bonchev–Trinajstić information content (AvgIpc) is 2.91. The Morgan fingerprint density at radius 3 is 2.59 bits per heavy atom. The summed E-state index contributed by atoms with van der Waals surface area (Å²) >= 11 is 0. The Hall–Kier alpha value is -3.15. The quantitative estimate of drug-likeness (QED) is 0.785. The third-order valence-corrected chi connectivity index (χ3v) is 5.12. The van der Waals surface area contributed by atoms with Crippen molar-refractivity contribution in [3.8, 4) is 5.75 Å². The van der Waals surface area contributed by atoms with Crippen molar-refractivity contribution < 1.29 is 19.1 Å². The predicted octanol–water partition coefficient (Wildman–Crippen LogP) is 2.51. The lowest BCUT2D eigenvalue weighted by Gasteiger charge is -2.29. The van der Waals surface area contributed by atoms with Crippen molar-refractivity contribution in [2.24, 2.45) is 0 Å². The van der Waals surface area contributed by atoms with Gasteiger partial charge in [-0.15, -0.1) is 0 Å². The number of hydrogen-bond acceptors (Lipinski definition) is 4. The van der Waals surface area contributed by atoms with Crippen molar-refractivity contribution in [3.05, 3.63) is 64.2 Å². The molecule has 0 saturated heterocycles. The van der Waals surface area contributed by atoms with Crippen molar-refractivity contribution >= 4 is 17.7 Å². The summed E-state index contributed by atoms with van der Waals surface area (Å²) in [6, 6.07) is 10.7. The number of fused-ring (bicyclic) bond motifs is 2. The van der Waals surface area contributed by atoms with Gasteiger partial charge in [-0.05, 0) is 54.8 Å². The van der Waals surface area contributed by atoms with E-state index in [0.717, 1.165) is 22.6 Å². The van der Waals surface area contributed by atoms with E-state index in [-0.39, 0.29) is 17.7 Å². The molecule has 0 unspecified atom stereocenters. The molecule has 0 fully saturated rings. The van der Waals surface area contributed by atoms with Gasteiger partial charge in [0.05, 0.1) is 17.7 Å². The Kier molecular flexibility index (Phi) is 4.18. The van der Waals surface area contributed by atoms with Crippen LogP contribution in [0.4, 0.5) is 0 Å². The van der Waals surface area contributed by atoms with Gasteiger partial charge in [0.2, 0.25) is 0 Å². The lowest BCUT2D eigenvalue weighted by atomic mass is 9.98. The van der Waals surface area contributed by atoms with E-state index in [1.807, 2.05) is 19.1 Å². The molecular formula is C21H20N2O4. The van der Waals surface area contributed by atoms with Crippen LogP contribution in [-0.2, 0) is 13.0 Å². The number of rotatable bonds is 3. The Labute approximate surface area is 157 Å². The Morgan fingerprint density at radius 2 is 1.81 bits per heavy atom. The van der Waals surface area contributed by atoms with Gasteiger partial charge in [-0.1, -0.05) is 6.07 Å². The second-order valence-electron chi connectivity index (χ2n) is 6.77. The minimum absolute atomic E-state index is 0.139. The van der Waals surface area contributed by atoms with Crippen LogP contribution in [0.3, 0.4) is 0 Å². The first-order chi connectivity index (χ1) is 13.0. The van der Waals surface area contributed by atoms with Crippen LogP contribution in [0, 0.1) is 0 Å². The second kappa shape index (κ2) is 6.54. The van der Waals surface area contributed by atoms with Gasteiger partial charge in [0, 0.05) is 25.7 Å². The standard InChI is InChI=1S/C21H20N2O4/c1-3-27-16-6-4-13-8-9-23(12-15(13)10-16)19(24)14-5-7-17-18(11-14)21(26)22(2)20(17)25/h4-7,10-11H,3,8-9,12H2,1-2H3. The maximum absolute atomic E-state index is 13.0. The zero-order valence-corrected chi connectivity index (χ0v) is 15.3. The predicted molar refractivity (Wildman–Crippen MR) is 98.9 cm³/mol. The largest absolute Gasteiger partial charge is 0.494 e. The highest BCUT2D eigenvalue weighted by molar-refractivity contribution is 6.21. The molecule has 6 nitrogen and oxygen atoms in total. The summed E-state index contributed by atoms with van der Waals surface area (Å²) in [5, 5.41) is 0. The number of ether oxygens (including phenoxy) is 1. The van der Waals surface area contributed by atoms with Crippen molar-refractivity contribution in [2.45, 2.75) is 19.9 Å². The van der Waals surface area contributed by atoms with Crippen molar-refractivity contribution in [2.75, 3.05) is 20.2 Å². The summed E-state index contributed by atoms with van der Waals surface area (Å²) in [5.41, 5.74) is 3.37. The summed E-state index contributed by atoms with van der Waals surface area (Å²) in [6.07, 6.45) is 0.776. The molecule has 0 N–H and O–H groups in total. The van der Waals surface area contributed by atoms with Crippen molar-refractivity contribution in [1.29, 1.82) is 0 Å². The lowest BCUT2D eigenvalue weighted by molar-refractivity contribution is 0.0692. The molecule has 2 aliphatic rings. The third-order valence-electron chi connectivity index (χ3n) is 5.12. The van der Waals surface area contributed by atoms with E-state index in [9.17, 15) is 14.4 Å². The topological polar surface area (TPSA) is 66.9 Å². The van der Waals surface area contributed by atoms with Gasteiger partial charge >= 0.3 is 0 Å². The summed E-state index contributed by atoms with van der Waals surface area (Å²) in [6.45, 7) is 3.65. The molecule has 0 aliphatic carbocycles. The van der Waals surface area contributed by atoms with E-state index in [1.54, 1.807) is 17.0 Å². The van der Waals surface area contributed by atoms with Crippen molar-refractivity contribution in [3.63, 3.8) is 0 Å². The fourth-order valence-electron chi connectivity index (χ4n) is 3.64. The molecular weight excluding hydrogens is 344 g/mol. The Morgan fingerprint density at radius 1 is 1.04 bits per heavy atom. The fourth-order valence-corrected chi connectivity index (χ4v) is 3.64. The first kappa shape index (κ1) is 17.3. The summed E-state index contributed by atoms with van der Waals surface area (Å²) in [7, 11) is 1.45. The molecule has 0 spiro atoms. The van der Waals surface area contributed by atoms with Gasteiger partial charge in [-0.2, -0.15) is 0 Å². The van der Waals surface area contributed by atoms with Gasteiger partial charge < -0.3 is 9.64 Å². The maximum Gasteiger partial charge on any atom is 0.261 e. The number of carbonyl (C=O) groups is 3. The van der Waals surface area contributed by atoms with Gasteiger partial charge in [0.15, 0.2) is 0 Å². The number of hydrogen-bond donors (Lipinski definition) is 0. The molecule has 27 heavy (non-hydrogen) atoms. The number of nitrogens with zero attached hydrogens (tertiary/aromatic N) is 2. The summed E-state index contributed by atoms with van der Waals surface area (Å²) < 4.78 is 5.56. The molecule has 2 aromatic carbocycles. The maximum atomic E-state index is 13.0. The third kappa shape index (κ3) is 2.87. The zero-order chi connectivity index (χ0) is 19.1. The first-order valence-corrected chi connectivity index (χ1v) is 9.00. The fraction of sp³-hybridized carbons (Fsp3) is 0.286. The Bertz CT molecular complexity index is 967. The van der Waals surface area contributed by atoms with Gasteiger partial charge in [-0.25, -0.2) is 0 Å². The molecule has 2 aromatic rings. The molecule has 0 saturated carbocycles. The molecule has 2 heterocycles. The van der Waals surface area contributed by atoms with E-state index in [2.05, 4.69) is 6.07 Å². The van der Waals surface area contributed by atoms with E-state index in [1.165, 1.54) is 18.7 Å². The van der Waals surface area contributed by atoms with Crippen LogP contribution in [0.15, 0.2) is 36.4 Å². The highest BCUT2D eigenvalue weighted by Crippen LogP contribution is 2.27. The number of carbonyl (C=O) groups excluding carboxylic acids is 3. The van der Waals surface area contributed by atoms with E-state index >= 15 is 0 Å². The minimum Gasteiger partial charge on any atom is -0.494 e. The van der Waals surface area contributed by atoms with Gasteiger partial charge in [0.1, 0.15) is 5.75 Å². The van der Waals surface area contributed by atoms with Crippen LogP contribution in [0.25, 0.3) is 0 Å². The molecule has 0 atom stereocenters. The van der Waals surface area contributed by atoms with E-state index < -0.39 is 0 Å². The smallest absolute Gasteiger partial charge is 0.261 e. The molecule has 0 radical (unpaired) electrons. The number of amides is 3. The normalized spacial score (nSPS) is 15.6. The van der Waals surface area contributed by atoms with Crippen LogP contribution in [0.5, 0.6) is 5.75 Å². The molecule has 4 rings (SSSR count). The SMILES string of the molecule is CCOc1ccc2c(c1)CN(C(=O)c1ccc3c(c1)C(=O)N(C)C3=O)CC2. The Balaban J connectivity index is 1.59. The highest BCUT2D eigenvalue weighted by Gasteiger charge is 2.33. The van der Waals surface area contributed by atoms with Crippen molar-refractivity contribution in [1.82, 2.24) is 9.80 Å². The van der Waals surface area contributed by atoms with Crippen LogP contribution in [0.2, 0.25) is 0 Å². The molecule has 2 aliphatic heterocycles. The van der Waals surface area contributed by atoms with Crippen LogP contribution < -0.4 is 4.74 Å². The zero-order valence-electron chi connectivity index (χ0n) is 15.3. The molecule has 138 valence electrons. The average molecular weight is 364 g/mol. The number of imide groups is 1. The summed E-state index contributed by atoms with van der Waals surface area (Å²) in [4.78, 5) is 40.0. The minimum atomic E-state index is -0.366.